The normalized spacial score (nSPS) is 23.4. The molecule has 45 heavy (non-hydrogen) atoms. The van der Waals surface area contributed by atoms with Crippen LogP contribution in [0.4, 0.5) is 10.5 Å². The number of nitrogens with zero attached hydrogens (tertiary/aromatic N) is 1. The fourth-order valence-electron chi connectivity index (χ4n) is 6.78. The van der Waals surface area contributed by atoms with Crippen molar-refractivity contribution >= 4 is 69.4 Å². The minimum absolute atomic E-state index is 0.0928. The summed E-state index contributed by atoms with van der Waals surface area (Å²) in [6.07, 6.45) is 0.806. The fraction of sp³-hybridized carbons (Fsp3) is 0.382. The van der Waals surface area contributed by atoms with Gasteiger partial charge in [0.25, 0.3) is 0 Å². The van der Waals surface area contributed by atoms with Gasteiger partial charge >= 0.3 is 6.09 Å². The number of ether oxygens (including phenoxy) is 2. The van der Waals surface area contributed by atoms with Crippen molar-refractivity contribution in [2.24, 2.45) is 0 Å². The second-order valence-electron chi connectivity index (χ2n) is 12.8. The van der Waals surface area contributed by atoms with Crippen LogP contribution < -0.4 is 15.4 Å². The van der Waals surface area contributed by atoms with Crippen LogP contribution >= 0.6 is 45.8 Å². The van der Waals surface area contributed by atoms with Crippen LogP contribution in [-0.2, 0) is 19.7 Å². The van der Waals surface area contributed by atoms with Gasteiger partial charge in [-0.1, -0.05) is 41.4 Å². The van der Waals surface area contributed by atoms with Crippen molar-refractivity contribution in [3.05, 3.63) is 91.0 Å². The quantitative estimate of drug-likeness (QED) is 0.267. The summed E-state index contributed by atoms with van der Waals surface area (Å²) in [6, 6.07) is 17.8. The second kappa shape index (κ2) is 12.3. The van der Waals surface area contributed by atoms with E-state index in [9.17, 15) is 14.4 Å². The van der Waals surface area contributed by atoms with Crippen LogP contribution in [0.1, 0.15) is 68.7 Å². The molecule has 236 valence electrons. The standard InChI is InChI=1S/C34H34Cl2IN3O5/c1-33(2,3)45-32(43)40-13-11-23(12-14-40)44-28-10-8-22(37)17-24(28)30-34(25-9-7-21(36)16-27(25)38-31(34)42)26(18-29(41)39-30)19-5-4-6-20(35)15-19/h4-10,15-17,23,26,30H,11-14,18H2,1-3H3,(H,38,42)(H,39,41)/t26-,30+,34-/m0/s1. The van der Waals surface area contributed by atoms with Crippen LogP contribution in [0.3, 0.4) is 0 Å². The Hall–Kier alpha value is -3.02. The third kappa shape index (κ3) is 6.23. The van der Waals surface area contributed by atoms with Crippen LogP contribution in [0.2, 0.25) is 10.0 Å². The molecule has 3 atom stereocenters. The lowest BCUT2D eigenvalue weighted by Crippen LogP contribution is -2.57. The highest BCUT2D eigenvalue weighted by Crippen LogP contribution is 2.58. The predicted octanol–water partition coefficient (Wildman–Crippen LogP) is 7.61. The van der Waals surface area contributed by atoms with Crippen LogP contribution in [0, 0.1) is 3.57 Å². The number of piperidine rings is 2. The molecule has 0 unspecified atom stereocenters. The lowest BCUT2D eigenvalue weighted by molar-refractivity contribution is -0.131. The fourth-order valence-corrected chi connectivity index (χ4v) is 7.67. The molecular formula is C34H34Cl2IN3O5. The average molecular weight is 762 g/mol. The number of rotatable bonds is 4. The molecule has 3 aromatic rings. The molecule has 0 radical (unpaired) electrons. The Balaban J connectivity index is 1.40. The van der Waals surface area contributed by atoms with E-state index in [0.717, 1.165) is 14.7 Å². The highest BCUT2D eigenvalue weighted by molar-refractivity contribution is 14.1. The minimum Gasteiger partial charge on any atom is -0.490 e. The van der Waals surface area contributed by atoms with Crippen molar-refractivity contribution in [1.82, 2.24) is 10.2 Å². The van der Waals surface area contributed by atoms with E-state index < -0.39 is 23.0 Å². The number of halogens is 3. The zero-order chi connectivity index (χ0) is 32.1. The number of carbonyl (C=O) groups excluding carboxylic acids is 3. The predicted molar refractivity (Wildman–Crippen MR) is 182 cm³/mol. The first-order valence-electron chi connectivity index (χ1n) is 15.0. The first-order chi connectivity index (χ1) is 21.3. The first kappa shape index (κ1) is 31.9. The number of nitrogens with one attached hydrogen (secondary N) is 2. The summed E-state index contributed by atoms with van der Waals surface area (Å²) in [5.74, 6) is -0.357. The van der Waals surface area contributed by atoms with E-state index in [-0.39, 0.29) is 30.4 Å². The van der Waals surface area contributed by atoms with Gasteiger partial charge in [-0.15, -0.1) is 0 Å². The number of hydrogen-bond donors (Lipinski definition) is 2. The highest BCUT2D eigenvalue weighted by atomic mass is 127. The maximum atomic E-state index is 14.4. The van der Waals surface area contributed by atoms with Gasteiger partial charge < -0.3 is 25.0 Å². The third-order valence-corrected chi connectivity index (χ3v) is 9.81. The molecule has 2 fully saturated rings. The molecule has 11 heteroatoms. The van der Waals surface area contributed by atoms with Crippen LogP contribution in [0.15, 0.2) is 60.7 Å². The maximum Gasteiger partial charge on any atom is 0.410 e. The molecule has 3 aliphatic heterocycles. The van der Waals surface area contributed by atoms with Crippen molar-refractivity contribution in [3.63, 3.8) is 0 Å². The lowest BCUT2D eigenvalue weighted by Gasteiger charge is -2.47. The van der Waals surface area contributed by atoms with Crippen LogP contribution in [-0.4, -0.2) is 47.6 Å². The smallest absolute Gasteiger partial charge is 0.410 e. The largest absolute Gasteiger partial charge is 0.490 e. The van der Waals surface area contributed by atoms with Crippen molar-refractivity contribution in [2.45, 2.75) is 69.1 Å². The Bertz CT molecular complexity index is 1670. The summed E-state index contributed by atoms with van der Waals surface area (Å²) in [4.78, 5) is 42.3. The van der Waals surface area contributed by atoms with Crippen LogP contribution in [0.25, 0.3) is 0 Å². The molecule has 3 heterocycles. The molecule has 0 saturated carbocycles. The molecule has 8 nitrogen and oxygen atoms in total. The monoisotopic (exact) mass is 761 g/mol. The summed E-state index contributed by atoms with van der Waals surface area (Å²) in [5, 5.41) is 7.29. The molecule has 2 N–H and O–H groups in total. The van der Waals surface area contributed by atoms with Gasteiger partial charge in [-0.3, -0.25) is 9.59 Å². The van der Waals surface area contributed by atoms with Crippen molar-refractivity contribution in [1.29, 1.82) is 0 Å². The number of hydrogen-bond acceptors (Lipinski definition) is 5. The number of amides is 3. The number of fused-ring (bicyclic) bond motifs is 2. The van der Waals surface area contributed by atoms with Gasteiger partial charge in [0.2, 0.25) is 11.8 Å². The Labute approximate surface area is 286 Å². The van der Waals surface area contributed by atoms with E-state index in [2.05, 4.69) is 33.2 Å². The average Bonchev–Trinajstić information content (AvgIpc) is 3.25. The van der Waals surface area contributed by atoms with E-state index in [4.69, 9.17) is 32.7 Å². The topological polar surface area (TPSA) is 97.0 Å². The molecule has 6 rings (SSSR count). The van der Waals surface area contributed by atoms with Crippen LogP contribution in [0.5, 0.6) is 5.75 Å². The SMILES string of the molecule is CC(C)(C)OC(=O)N1CCC(Oc2ccc(I)cc2[C@H]2NC(=O)C[C@@H](c3cccc(Cl)c3)[C@]23C(=O)Nc2cc(Cl)ccc23)CC1. The number of benzene rings is 3. The zero-order valence-corrected chi connectivity index (χ0v) is 28.8. The number of anilines is 1. The van der Waals surface area contributed by atoms with Gasteiger partial charge in [-0.05, 0) is 97.0 Å². The maximum absolute atomic E-state index is 14.4. The molecule has 2 saturated heterocycles. The van der Waals surface area contributed by atoms with Gasteiger partial charge in [0.15, 0.2) is 0 Å². The molecule has 1 spiro atoms. The summed E-state index contributed by atoms with van der Waals surface area (Å²) < 4.78 is 13.1. The van der Waals surface area contributed by atoms with Gasteiger partial charge in [-0.2, -0.15) is 0 Å². The number of carbonyl (C=O) groups is 3. The molecule has 3 amide bonds. The molecule has 3 aliphatic rings. The van der Waals surface area contributed by atoms with E-state index in [1.54, 1.807) is 23.1 Å². The molecule has 3 aromatic carbocycles. The van der Waals surface area contributed by atoms with E-state index in [1.165, 1.54) is 0 Å². The van der Waals surface area contributed by atoms with E-state index >= 15 is 0 Å². The van der Waals surface area contributed by atoms with Gasteiger partial charge in [0, 0.05) is 63.1 Å². The Kier molecular flexibility index (Phi) is 8.73. The van der Waals surface area contributed by atoms with Gasteiger partial charge in [0.05, 0.1) is 6.04 Å². The highest BCUT2D eigenvalue weighted by Gasteiger charge is 2.61. The van der Waals surface area contributed by atoms with E-state index in [1.807, 2.05) is 63.2 Å². The molecule has 0 aliphatic carbocycles. The Morgan fingerprint density at radius 1 is 1.00 bits per heavy atom. The summed E-state index contributed by atoms with van der Waals surface area (Å²) in [7, 11) is 0. The van der Waals surface area contributed by atoms with E-state index in [0.29, 0.717) is 53.0 Å². The van der Waals surface area contributed by atoms with Crippen molar-refractivity contribution in [3.8, 4) is 5.75 Å². The summed E-state index contributed by atoms with van der Waals surface area (Å²) in [6.45, 7) is 6.55. The summed E-state index contributed by atoms with van der Waals surface area (Å²) in [5.41, 5.74) is 1.07. The minimum atomic E-state index is -1.22. The Morgan fingerprint density at radius 3 is 2.44 bits per heavy atom. The molecular weight excluding hydrogens is 728 g/mol. The van der Waals surface area contributed by atoms with Crippen molar-refractivity contribution < 1.29 is 23.9 Å². The second-order valence-corrected chi connectivity index (χ2v) is 14.9. The summed E-state index contributed by atoms with van der Waals surface area (Å²) >= 11 is 15.1. The van der Waals surface area contributed by atoms with Gasteiger partial charge in [0.1, 0.15) is 22.9 Å². The zero-order valence-electron chi connectivity index (χ0n) is 25.2. The first-order valence-corrected chi connectivity index (χ1v) is 16.8. The molecule has 0 aromatic heterocycles. The Morgan fingerprint density at radius 2 is 1.73 bits per heavy atom. The third-order valence-electron chi connectivity index (χ3n) is 8.67. The van der Waals surface area contributed by atoms with Gasteiger partial charge in [-0.25, -0.2) is 4.79 Å². The molecule has 0 bridgehead atoms. The van der Waals surface area contributed by atoms with Crippen molar-refractivity contribution in [2.75, 3.05) is 18.4 Å². The number of likely N-dealkylation sites (tertiary alicyclic amines) is 1. The lowest BCUT2D eigenvalue weighted by atomic mass is 9.59.